The van der Waals surface area contributed by atoms with Gasteiger partial charge >= 0.3 is 0 Å². The molecule has 1 aromatic rings. The van der Waals surface area contributed by atoms with Gasteiger partial charge in [0.15, 0.2) is 5.96 Å². The van der Waals surface area contributed by atoms with E-state index in [0.29, 0.717) is 12.5 Å². The van der Waals surface area contributed by atoms with Crippen LogP contribution < -0.4 is 5.73 Å². The lowest BCUT2D eigenvalue weighted by Crippen LogP contribution is -2.44. The van der Waals surface area contributed by atoms with Gasteiger partial charge in [-0.1, -0.05) is 18.2 Å². The Balaban J connectivity index is 1.64. The number of hydrogen-bond donors (Lipinski definition) is 1. The van der Waals surface area contributed by atoms with Crippen LogP contribution in [0.15, 0.2) is 23.2 Å². The monoisotopic (exact) mass is 259 g/mol. The fourth-order valence-corrected chi connectivity index (χ4v) is 2.79. The first kappa shape index (κ1) is 12.5. The van der Waals surface area contributed by atoms with Crippen LogP contribution in [-0.4, -0.2) is 37.2 Å². The van der Waals surface area contributed by atoms with Gasteiger partial charge in [-0.05, 0) is 36.0 Å². The largest absolute Gasteiger partial charge is 0.378 e. The summed E-state index contributed by atoms with van der Waals surface area (Å²) >= 11 is 0. The van der Waals surface area contributed by atoms with Gasteiger partial charge < -0.3 is 15.4 Å². The van der Waals surface area contributed by atoms with Crippen molar-refractivity contribution in [2.45, 2.75) is 25.8 Å². The Morgan fingerprint density at radius 3 is 2.84 bits per heavy atom. The average Bonchev–Trinajstić information content (AvgIpc) is 2.93. The smallest absolute Gasteiger partial charge is 0.191 e. The lowest BCUT2D eigenvalue weighted by atomic mass is 10.1. The van der Waals surface area contributed by atoms with Gasteiger partial charge in [0.1, 0.15) is 0 Å². The van der Waals surface area contributed by atoms with Crippen molar-refractivity contribution in [2.24, 2.45) is 10.7 Å². The van der Waals surface area contributed by atoms with Crippen LogP contribution in [0.5, 0.6) is 0 Å². The predicted octanol–water partition coefficient (Wildman–Crippen LogP) is 1.32. The fraction of sp³-hybridized carbons (Fsp3) is 0.533. The van der Waals surface area contributed by atoms with Gasteiger partial charge in [-0.15, -0.1) is 0 Å². The molecule has 0 bridgehead atoms. The molecule has 0 radical (unpaired) electrons. The van der Waals surface area contributed by atoms with Crippen LogP contribution in [0.4, 0.5) is 0 Å². The van der Waals surface area contributed by atoms with E-state index in [1.54, 1.807) is 0 Å². The number of ether oxygens (including phenoxy) is 1. The lowest BCUT2D eigenvalue weighted by Gasteiger charge is -2.27. The van der Waals surface area contributed by atoms with Crippen molar-refractivity contribution in [3.63, 3.8) is 0 Å². The van der Waals surface area contributed by atoms with Crippen LogP contribution in [-0.2, 0) is 24.1 Å². The molecule has 1 fully saturated rings. The van der Waals surface area contributed by atoms with Crippen LogP contribution in [0.3, 0.4) is 0 Å². The third-order valence-corrected chi connectivity index (χ3v) is 3.92. The molecule has 0 unspecified atom stereocenters. The molecular formula is C15H21N3O. The zero-order chi connectivity index (χ0) is 13.1. The quantitative estimate of drug-likeness (QED) is 0.644. The van der Waals surface area contributed by atoms with Gasteiger partial charge in [0, 0.05) is 13.1 Å². The minimum atomic E-state index is 0.642. The maximum atomic E-state index is 6.03. The number of nitrogens with two attached hydrogens (primary N) is 1. The van der Waals surface area contributed by atoms with E-state index in [0.717, 1.165) is 26.3 Å². The number of nitrogens with zero attached hydrogens (tertiary/aromatic N) is 2. The SMILES string of the molecule is NC(=NCc1ccc2c(c1)CCC2)N1CCOCC1. The standard InChI is InChI=1S/C15H21N3O/c16-15(18-6-8-19-9-7-18)17-11-12-4-5-13-2-1-3-14(13)10-12/h4-5,10H,1-3,6-9,11H2,(H2,16,17). The first-order chi connectivity index (χ1) is 9.33. The van der Waals surface area contributed by atoms with Crippen LogP contribution >= 0.6 is 0 Å². The highest BCUT2D eigenvalue weighted by atomic mass is 16.5. The molecular weight excluding hydrogens is 238 g/mol. The number of aryl methyl sites for hydroxylation is 2. The second kappa shape index (κ2) is 5.61. The molecule has 0 amide bonds. The summed E-state index contributed by atoms with van der Waals surface area (Å²) < 4.78 is 5.31. The molecule has 1 aromatic carbocycles. The predicted molar refractivity (Wildman–Crippen MR) is 76.2 cm³/mol. The summed E-state index contributed by atoms with van der Waals surface area (Å²) in [7, 11) is 0. The van der Waals surface area contributed by atoms with Crippen molar-refractivity contribution in [3.8, 4) is 0 Å². The second-order valence-corrected chi connectivity index (χ2v) is 5.23. The van der Waals surface area contributed by atoms with E-state index in [4.69, 9.17) is 10.5 Å². The molecule has 0 spiro atoms. The summed E-state index contributed by atoms with van der Waals surface area (Å²) in [5.41, 5.74) is 10.3. The summed E-state index contributed by atoms with van der Waals surface area (Å²) in [4.78, 5) is 6.60. The third-order valence-electron chi connectivity index (χ3n) is 3.92. The van der Waals surface area contributed by atoms with Crippen molar-refractivity contribution in [1.29, 1.82) is 0 Å². The highest BCUT2D eigenvalue weighted by Crippen LogP contribution is 2.23. The summed E-state index contributed by atoms with van der Waals surface area (Å²) in [5, 5.41) is 0. The van der Waals surface area contributed by atoms with E-state index in [1.165, 1.54) is 36.0 Å². The van der Waals surface area contributed by atoms with Gasteiger partial charge in [0.05, 0.1) is 19.8 Å². The van der Waals surface area contributed by atoms with Crippen LogP contribution in [0, 0.1) is 0 Å². The number of fused-ring (bicyclic) bond motifs is 1. The fourth-order valence-electron chi connectivity index (χ4n) is 2.79. The number of morpholine rings is 1. The molecule has 2 aliphatic rings. The summed E-state index contributed by atoms with van der Waals surface area (Å²) in [5.74, 6) is 0.642. The van der Waals surface area contributed by atoms with E-state index >= 15 is 0 Å². The van der Waals surface area contributed by atoms with Crippen molar-refractivity contribution in [3.05, 3.63) is 34.9 Å². The van der Waals surface area contributed by atoms with E-state index in [-0.39, 0.29) is 0 Å². The minimum Gasteiger partial charge on any atom is -0.378 e. The molecule has 1 aliphatic heterocycles. The first-order valence-corrected chi connectivity index (χ1v) is 7.06. The summed E-state index contributed by atoms with van der Waals surface area (Å²) in [6, 6.07) is 6.72. The maximum absolute atomic E-state index is 6.03. The zero-order valence-electron chi connectivity index (χ0n) is 11.3. The van der Waals surface area contributed by atoms with Gasteiger partial charge in [0.25, 0.3) is 0 Å². The highest BCUT2D eigenvalue weighted by molar-refractivity contribution is 5.78. The number of hydrogen-bond acceptors (Lipinski definition) is 2. The Labute approximate surface area is 114 Å². The van der Waals surface area contributed by atoms with Gasteiger partial charge in [-0.25, -0.2) is 4.99 Å². The average molecular weight is 259 g/mol. The van der Waals surface area contributed by atoms with Gasteiger partial charge in [-0.2, -0.15) is 0 Å². The Bertz CT molecular complexity index is 478. The van der Waals surface area contributed by atoms with Crippen LogP contribution in [0.1, 0.15) is 23.1 Å². The van der Waals surface area contributed by atoms with E-state index in [9.17, 15) is 0 Å². The second-order valence-electron chi connectivity index (χ2n) is 5.23. The lowest BCUT2D eigenvalue weighted by molar-refractivity contribution is 0.0674. The molecule has 0 aromatic heterocycles. The Hall–Kier alpha value is -1.55. The molecule has 19 heavy (non-hydrogen) atoms. The van der Waals surface area contributed by atoms with Crippen LogP contribution in [0.25, 0.3) is 0 Å². The zero-order valence-corrected chi connectivity index (χ0v) is 11.3. The van der Waals surface area contributed by atoms with Crippen molar-refractivity contribution in [1.82, 2.24) is 4.90 Å². The summed E-state index contributed by atoms with van der Waals surface area (Å²) in [6.45, 7) is 3.86. The van der Waals surface area contributed by atoms with Crippen LogP contribution in [0.2, 0.25) is 0 Å². The normalized spacial score (nSPS) is 19.6. The minimum absolute atomic E-state index is 0.642. The number of guanidine groups is 1. The highest BCUT2D eigenvalue weighted by Gasteiger charge is 2.13. The molecule has 1 heterocycles. The number of aliphatic imine (C=N–C) groups is 1. The Morgan fingerprint density at radius 2 is 2.00 bits per heavy atom. The topological polar surface area (TPSA) is 50.8 Å². The molecule has 3 rings (SSSR count). The molecule has 4 heteroatoms. The van der Waals surface area contributed by atoms with Gasteiger partial charge in [0.2, 0.25) is 0 Å². The van der Waals surface area contributed by atoms with E-state index in [2.05, 4.69) is 28.1 Å². The van der Waals surface area contributed by atoms with E-state index in [1.807, 2.05) is 0 Å². The molecule has 102 valence electrons. The van der Waals surface area contributed by atoms with Crippen molar-refractivity contribution in [2.75, 3.05) is 26.3 Å². The number of rotatable bonds is 2. The Morgan fingerprint density at radius 1 is 1.21 bits per heavy atom. The van der Waals surface area contributed by atoms with Gasteiger partial charge in [-0.3, -0.25) is 0 Å². The first-order valence-electron chi connectivity index (χ1n) is 7.06. The molecule has 4 nitrogen and oxygen atoms in total. The third kappa shape index (κ3) is 2.89. The molecule has 1 aliphatic carbocycles. The number of benzene rings is 1. The molecule has 0 saturated carbocycles. The van der Waals surface area contributed by atoms with E-state index < -0.39 is 0 Å². The maximum Gasteiger partial charge on any atom is 0.191 e. The summed E-state index contributed by atoms with van der Waals surface area (Å²) in [6.07, 6.45) is 3.73. The molecule has 0 atom stereocenters. The van der Waals surface area contributed by atoms with Crippen molar-refractivity contribution < 1.29 is 4.74 Å². The molecule has 1 saturated heterocycles. The molecule has 2 N–H and O–H groups in total. The Kier molecular flexibility index (Phi) is 3.69. The van der Waals surface area contributed by atoms with Crippen molar-refractivity contribution >= 4 is 5.96 Å².